The van der Waals surface area contributed by atoms with Gasteiger partial charge in [-0.1, -0.05) is 19.0 Å². The van der Waals surface area contributed by atoms with Crippen molar-refractivity contribution in [2.75, 3.05) is 5.73 Å². The average Bonchev–Trinajstić information content (AvgIpc) is 2.84. The molecule has 0 aliphatic carbocycles. The fourth-order valence-electron chi connectivity index (χ4n) is 1.19. The molecule has 2 aromatic heterocycles. The summed E-state index contributed by atoms with van der Waals surface area (Å²) in [6.45, 7) is 4.18. The Morgan fingerprint density at radius 2 is 2.33 bits per heavy atom. The van der Waals surface area contributed by atoms with Gasteiger partial charge in [-0.15, -0.1) is 11.3 Å². The topological polar surface area (TPSA) is 64.9 Å². The molecular weight excluding hydrogens is 210 g/mol. The van der Waals surface area contributed by atoms with Crippen molar-refractivity contribution in [1.29, 1.82) is 0 Å². The fraction of sp³-hybridized carbons (Fsp3) is 0.400. The Morgan fingerprint density at radius 3 is 2.93 bits per heavy atom. The highest BCUT2D eigenvalue weighted by Crippen LogP contribution is 2.29. The first-order chi connectivity index (χ1) is 7.20. The minimum absolute atomic E-state index is 0.333. The van der Waals surface area contributed by atoms with Gasteiger partial charge in [0.25, 0.3) is 5.89 Å². The third-order valence-electron chi connectivity index (χ3n) is 2.33. The van der Waals surface area contributed by atoms with Crippen molar-refractivity contribution >= 4 is 16.3 Å². The van der Waals surface area contributed by atoms with Crippen LogP contribution in [0.25, 0.3) is 10.8 Å². The lowest BCUT2D eigenvalue weighted by Gasteiger charge is -1.98. The lowest BCUT2D eigenvalue weighted by molar-refractivity contribution is 0.417. The number of nitrogens with two attached hydrogens (primary N) is 1. The Bertz CT molecular complexity index is 449. The smallest absolute Gasteiger partial charge is 0.268 e. The largest absolute Gasteiger partial charge is 0.391 e. The van der Waals surface area contributed by atoms with Crippen LogP contribution in [0.4, 0.5) is 5.00 Å². The van der Waals surface area contributed by atoms with Crippen molar-refractivity contribution in [3.8, 4) is 10.8 Å². The number of rotatable bonds is 3. The molecule has 0 saturated carbocycles. The van der Waals surface area contributed by atoms with E-state index in [2.05, 4.69) is 24.0 Å². The number of anilines is 1. The molecule has 0 aromatic carbocycles. The number of aromatic nitrogens is 2. The highest BCUT2D eigenvalue weighted by atomic mass is 32.1. The summed E-state index contributed by atoms with van der Waals surface area (Å²) in [6.07, 6.45) is 1.01. The van der Waals surface area contributed by atoms with Gasteiger partial charge >= 0.3 is 0 Å². The van der Waals surface area contributed by atoms with Crippen molar-refractivity contribution in [2.24, 2.45) is 0 Å². The van der Waals surface area contributed by atoms with E-state index in [4.69, 9.17) is 10.3 Å². The zero-order valence-corrected chi connectivity index (χ0v) is 9.54. The van der Waals surface area contributed by atoms with E-state index in [9.17, 15) is 0 Å². The zero-order valence-electron chi connectivity index (χ0n) is 8.73. The van der Waals surface area contributed by atoms with Gasteiger partial charge in [-0.2, -0.15) is 4.98 Å². The SMILES string of the molecule is CCC(C)c1noc(-c2ccc(N)s2)n1. The molecule has 0 fully saturated rings. The Kier molecular flexibility index (Phi) is 2.73. The van der Waals surface area contributed by atoms with Gasteiger partial charge in [-0.05, 0) is 18.6 Å². The fourth-order valence-corrected chi connectivity index (χ4v) is 1.88. The molecule has 4 nitrogen and oxygen atoms in total. The van der Waals surface area contributed by atoms with Gasteiger partial charge in [-0.25, -0.2) is 0 Å². The minimum Gasteiger partial charge on any atom is -0.391 e. The summed E-state index contributed by atoms with van der Waals surface area (Å²) in [6, 6.07) is 3.74. The van der Waals surface area contributed by atoms with Gasteiger partial charge in [0.05, 0.1) is 9.88 Å². The second-order valence-corrected chi connectivity index (χ2v) is 4.58. The van der Waals surface area contributed by atoms with Crippen molar-refractivity contribution in [1.82, 2.24) is 10.1 Å². The summed E-state index contributed by atoms with van der Waals surface area (Å²) < 4.78 is 5.18. The average molecular weight is 223 g/mol. The van der Waals surface area contributed by atoms with Crippen LogP contribution < -0.4 is 5.73 Å². The van der Waals surface area contributed by atoms with Gasteiger partial charge in [0.1, 0.15) is 0 Å². The summed E-state index contributed by atoms with van der Waals surface area (Å²) in [4.78, 5) is 5.27. The second-order valence-electron chi connectivity index (χ2n) is 3.47. The summed E-state index contributed by atoms with van der Waals surface area (Å²) in [5.74, 6) is 1.66. The molecule has 2 N–H and O–H groups in total. The van der Waals surface area contributed by atoms with Crippen LogP contribution in [0.1, 0.15) is 32.0 Å². The molecular formula is C10H13N3OS. The van der Waals surface area contributed by atoms with Crippen LogP contribution in [-0.4, -0.2) is 10.1 Å². The zero-order chi connectivity index (χ0) is 10.8. The predicted octanol–water partition coefficient (Wildman–Crippen LogP) is 2.89. The van der Waals surface area contributed by atoms with E-state index in [1.165, 1.54) is 11.3 Å². The highest BCUT2D eigenvalue weighted by Gasteiger charge is 2.14. The van der Waals surface area contributed by atoms with E-state index in [0.717, 1.165) is 22.1 Å². The molecule has 80 valence electrons. The summed E-state index contributed by atoms with van der Waals surface area (Å²) in [5.41, 5.74) is 5.64. The van der Waals surface area contributed by atoms with Crippen LogP contribution in [0, 0.1) is 0 Å². The van der Waals surface area contributed by atoms with Crippen molar-refractivity contribution in [2.45, 2.75) is 26.2 Å². The molecule has 0 bridgehead atoms. The highest BCUT2D eigenvalue weighted by molar-refractivity contribution is 7.19. The number of thiophene rings is 1. The molecule has 2 rings (SSSR count). The van der Waals surface area contributed by atoms with E-state index in [0.29, 0.717) is 11.8 Å². The number of hydrogen-bond acceptors (Lipinski definition) is 5. The normalized spacial score (nSPS) is 12.9. The number of hydrogen-bond donors (Lipinski definition) is 1. The van der Waals surface area contributed by atoms with E-state index < -0.39 is 0 Å². The first-order valence-corrected chi connectivity index (χ1v) is 5.71. The molecule has 1 unspecified atom stereocenters. The number of nitrogens with zero attached hydrogens (tertiary/aromatic N) is 2. The van der Waals surface area contributed by atoms with Crippen LogP contribution in [0.5, 0.6) is 0 Å². The maximum Gasteiger partial charge on any atom is 0.268 e. The maximum atomic E-state index is 5.64. The molecule has 2 aromatic rings. The monoisotopic (exact) mass is 223 g/mol. The first-order valence-electron chi connectivity index (χ1n) is 4.90. The molecule has 15 heavy (non-hydrogen) atoms. The molecule has 0 aliphatic rings. The lowest BCUT2D eigenvalue weighted by atomic mass is 10.1. The Hall–Kier alpha value is -1.36. The molecule has 0 aliphatic heterocycles. The van der Waals surface area contributed by atoms with Crippen LogP contribution in [0.3, 0.4) is 0 Å². The summed E-state index contributed by atoms with van der Waals surface area (Å²) >= 11 is 1.46. The van der Waals surface area contributed by atoms with Gasteiger partial charge < -0.3 is 10.3 Å². The molecule has 2 heterocycles. The van der Waals surface area contributed by atoms with Crippen LogP contribution >= 0.6 is 11.3 Å². The second kappa shape index (κ2) is 4.02. The molecule has 0 radical (unpaired) electrons. The van der Waals surface area contributed by atoms with Gasteiger partial charge in [0.2, 0.25) is 0 Å². The maximum absolute atomic E-state index is 5.64. The van der Waals surface area contributed by atoms with E-state index in [1.54, 1.807) is 0 Å². The third kappa shape index (κ3) is 2.02. The quantitative estimate of drug-likeness (QED) is 0.868. The van der Waals surface area contributed by atoms with Crippen LogP contribution in [-0.2, 0) is 0 Å². The van der Waals surface area contributed by atoms with Crippen molar-refractivity contribution in [3.63, 3.8) is 0 Å². The van der Waals surface area contributed by atoms with Gasteiger partial charge in [0.15, 0.2) is 5.82 Å². The van der Waals surface area contributed by atoms with Crippen molar-refractivity contribution in [3.05, 3.63) is 18.0 Å². The van der Waals surface area contributed by atoms with E-state index >= 15 is 0 Å². The molecule has 0 saturated heterocycles. The van der Waals surface area contributed by atoms with Gasteiger partial charge in [0, 0.05) is 5.92 Å². The molecule has 1 atom stereocenters. The first kappa shape index (κ1) is 10.2. The van der Waals surface area contributed by atoms with E-state index in [1.807, 2.05) is 12.1 Å². The Labute approximate surface area is 92.1 Å². The molecule has 5 heteroatoms. The summed E-state index contributed by atoms with van der Waals surface area (Å²) in [5, 5.41) is 4.71. The third-order valence-corrected chi connectivity index (χ3v) is 3.23. The summed E-state index contributed by atoms with van der Waals surface area (Å²) in [7, 11) is 0. The predicted molar refractivity (Wildman–Crippen MR) is 60.7 cm³/mol. The lowest BCUT2D eigenvalue weighted by Crippen LogP contribution is -1.93. The standard InChI is InChI=1S/C10H13N3OS/c1-3-6(2)9-12-10(14-13-9)7-4-5-8(11)15-7/h4-6H,3,11H2,1-2H3. The van der Waals surface area contributed by atoms with Crippen LogP contribution in [0.2, 0.25) is 0 Å². The van der Waals surface area contributed by atoms with Crippen LogP contribution in [0.15, 0.2) is 16.7 Å². The Balaban J connectivity index is 2.27. The van der Waals surface area contributed by atoms with Gasteiger partial charge in [-0.3, -0.25) is 0 Å². The number of nitrogen functional groups attached to an aromatic ring is 1. The molecule has 0 amide bonds. The van der Waals surface area contributed by atoms with Crippen molar-refractivity contribution < 1.29 is 4.52 Å². The minimum atomic E-state index is 0.333. The Morgan fingerprint density at radius 1 is 1.53 bits per heavy atom. The molecule has 0 spiro atoms. The van der Waals surface area contributed by atoms with E-state index in [-0.39, 0.29) is 0 Å².